The van der Waals surface area contributed by atoms with Crippen molar-refractivity contribution < 1.29 is 19.8 Å². The Labute approximate surface area is 107 Å². The Balaban J connectivity index is 2.49. The molecule has 0 aliphatic heterocycles. The van der Waals surface area contributed by atoms with Crippen LogP contribution in [0, 0.1) is 17.8 Å². The van der Waals surface area contributed by atoms with Crippen molar-refractivity contribution in [3.63, 3.8) is 0 Å². The maximum atomic E-state index is 11.4. The highest BCUT2D eigenvalue weighted by Gasteiger charge is 2.33. The highest BCUT2D eigenvalue weighted by Crippen LogP contribution is 2.33. The number of carboxylic acids is 1. The summed E-state index contributed by atoms with van der Waals surface area (Å²) in [4.78, 5) is 22.6. The number of carbonyl (C=O) groups excluding carboxylic acids is 1. The minimum absolute atomic E-state index is 0.0476. The van der Waals surface area contributed by atoms with Gasteiger partial charge in [0.1, 0.15) is 6.04 Å². The summed E-state index contributed by atoms with van der Waals surface area (Å²) in [6, 6.07) is -0.934. The molecule has 1 amide bonds. The molecule has 0 heterocycles. The molecule has 1 aliphatic carbocycles. The van der Waals surface area contributed by atoms with Gasteiger partial charge in [-0.3, -0.25) is 9.59 Å². The first-order valence-corrected chi connectivity index (χ1v) is 6.32. The lowest BCUT2D eigenvalue weighted by molar-refractivity contribution is -0.146. The minimum Gasteiger partial charge on any atom is -0.481 e. The van der Waals surface area contributed by atoms with Crippen LogP contribution in [0.15, 0.2) is 0 Å². The van der Waals surface area contributed by atoms with E-state index in [-0.39, 0.29) is 5.92 Å². The average molecular weight is 258 g/mol. The SMILES string of the molecule is CC1CCC(CNC(=O)C(N)CO)C(C(=O)O)C1. The fourth-order valence-corrected chi connectivity index (χ4v) is 2.44. The summed E-state index contributed by atoms with van der Waals surface area (Å²) >= 11 is 0. The molecule has 104 valence electrons. The number of hydrogen-bond acceptors (Lipinski definition) is 4. The molecule has 4 atom stereocenters. The van der Waals surface area contributed by atoms with Crippen LogP contribution in [0.25, 0.3) is 0 Å². The van der Waals surface area contributed by atoms with Crippen molar-refractivity contribution in [2.75, 3.05) is 13.2 Å². The second-order valence-electron chi connectivity index (χ2n) is 5.16. The van der Waals surface area contributed by atoms with Gasteiger partial charge in [0, 0.05) is 6.54 Å². The number of carbonyl (C=O) groups is 2. The number of amides is 1. The van der Waals surface area contributed by atoms with Crippen LogP contribution in [0.4, 0.5) is 0 Å². The molecule has 4 unspecified atom stereocenters. The summed E-state index contributed by atoms with van der Waals surface area (Å²) < 4.78 is 0. The van der Waals surface area contributed by atoms with Gasteiger partial charge in [-0.05, 0) is 24.7 Å². The summed E-state index contributed by atoms with van der Waals surface area (Å²) in [5.74, 6) is -1.27. The van der Waals surface area contributed by atoms with Gasteiger partial charge >= 0.3 is 5.97 Å². The van der Waals surface area contributed by atoms with Gasteiger partial charge in [0.25, 0.3) is 0 Å². The monoisotopic (exact) mass is 258 g/mol. The van der Waals surface area contributed by atoms with Crippen molar-refractivity contribution in [3.8, 4) is 0 Å². The summed E-state index contributed by atoms with van der Waals surface area (Å²) in [5.41, 5.74) is 5.37. The van der Waals surface area contributed by atoms with Gasteiger partial charge in [-0.15, -0.1) is 0 Å². The van der Waals surface area contributed by atoms with Crippen LogP contribution in [0.3, 0.4) is 0 Å². The van der Waals surface area contributed by atoms with Crippen LogP contribution in [0.5, 0.6) is 0 Å². The number of rotatable bonds is 5. The maximum absolute atomic E-state index is 11.4. The zero-order valence-electron chi connectivity index (χ0n) is 10.6. The van der Waals surface area contributed by atoms with Crippen LogP contribution in [-0.4, -0.2) is 41.3 Å². The third-order valence-corrected chi connectivity index (χ3v) is 3.64. The van der Waals surface area contributed by atoms with Gasteiger partial charge in [-0.1, -0.05) is 13.3 Å². The molecule has 0 bridgehead atoms. The lowest BCUT2D eigenvalue weighted by Crippen LogP contribution is -2.46. The molecule has 1 fully saturated rings. The standard InChI is InChI=1S/C12H22N2O4/c1-7-2-3-8(9(4-7)12(17)18)5-14-11(16)10(13)6-15/h7-10,15H,2-6,13H2,1H3,(H,14,16)(H,17,18). The van der Waals surface area contributed by atoms with Gasteiger partial charge in [0.15, 0.2) is 0 Å². The van der Waals surface area contributed by atoms with Gasteiger partial charge < -0.3 is 21.3 Å². The Morgan fingerprint density at radius 3 is 2.67 bits per heavy atom. The van der Waals surface area contributed by atoms with Crippen LogP contribution in [0.1, 0.15) is 26.2 Å². The number of nitrogens with one attached hydrogen (secondary N) is 1. The normalized spacial score (nSPS) is 29.6. The zero-order chi connectivity index (χ0) is 13.7. The van der Waals surface area contributed by atoms with Crippen molar-refractivity contribution >= 4 is 11.9 Å². The third kappa shape index (κ3) is 3.96. The van der Waals surface area contributed by atoms with E-state index in [1.807, 2.05) is 6.92 Å². The predicted octanol–water partition coefficient (Wildman–Crippen LogP) is -0.441. The molecule has 1 aliphatic rings. The summed E-state index contributed by atoms with van der Waals surface area (Å²) in [6.07, 6.45) is 2.44. The molecule has 1 rings (SSSR count). The van der Waals surface area contributed by atoms with E-state index in [0.29, 0.717) is 18.9 Å². The largest absolute Gasteiger partial charge is 0.481 e. The molecule has 1 saturated carbocycles. The smallest absolute Gasteiger partial charge is 0.306 e. The van der Waals surface area contributed by atoms with E-state index >= 15 is 0 Å². The Kier molecular flexibility index (Phi) is 5.55. The lowest BCUT2D eigenvalue weighted by atomic mass is 9.74. The highest BCUT2D eigenvalue weighted by atomic mass is 16.4. The quantitative estimate of drug-likeness (QED) is 0.534. The van der Waals surface area contributed by atoms with Gasteiger partial charge in [-0.2, -0.15) is 0 Å². The first kappa shape index (κ1) is 14.9. The van der Waals surface area contributed by atoms with E-state index in [4.69, 9.17) is 15.9 Å². The Hall–Kier alpha value is -1.14. The molecular formula is C12H22N2O4. The van der Waals surface area contributed by atoms with E-state index in [2.05, 4.69) is 5.32 Å². The third-order valence-electron chi connectivity index (χ3n) is 3.64. The van der Waals surface area contributed by atoms with E-state index < -0.39 is 30.4 Å². The molecule has 0 radical (unpaired) electrons. The van der Waals surface area contributed by atoms with Crippen LogP contribution in [-0.2, 0) is 9.59 Å². The van der Waals surface area contributed by atoms with Crippen molar-refractivity contribution in [1.29, 1.82) is 0 Å². The zero-order valence-corrected chi connectivity index (χ0v) is 10.6. The molecule has 0 aromatic rings. The molecule has 6 heteroatoms. The summed E-state index contributed by atoms with van der Waals surface area (Å²) in [5, 5.41) is 20.5. The Bertz CT molecular complexity index is 308. The fraction of sp³-hybridized carbons (Fsp3) is 0.833. The molecular weight excluding hydrogens is 236 g/mol. The second-order valence-corrected chi connectivity index (χ2v) is 5.16. The summed E-state index contributed by atoms with van der Waals surface area (Å²) in [7, 11) is 0. The van der Waals surface area contributed by atoms with Crippen LogP contribution >= 0.6 is 0 Å². The van der Waals surface area contributed by atoms with Crippen molar-refractivity contribution in [1.82, 2.24) is 5.32 Å². The van der Waals surface area contributed by atoms with Gasteiger partial charge in [0.2, 0.25) is 5.91 Å². The molecule has 5 N–H and O–H groups in total. The van der Waals surface area contributed by atoms with E-state index in [0.717, 1.165) is 12.8 Å². The molecule has 0 aromatic carbocycles. The molecule has 18 heavy (non-hydrogen) atoms. The topological polar surface area (TPSA) is 113 Å². The molecule has 0 spiro atoms. The van der Waals surface area contributed by atoms with Crippen molar-refractivity contribution in [3.05, 3.63) is 0 Å². The van der Waals surface area contributed by atoms with E-state index in [9.17, 15) is 9.59 Å². The van der Waals surface area contributed by atoms with E-state index in [1.165, 1.54) is 0 Å². The number of aliphatic hydroxyl groups is 1. The van der Waals surface area contributed by atoms with Crippen LogP contribution in [0.2, 0.25) is 0 Å². The number of nitrogens with two attached hydrogens (primary N) is 1. The first-order chi connectivity index (χ1) is 8.45. The second kappa shape index (κ2) is 6.70. The number of aliphatic hydroxyl groups excluding tert-OH is 1. The van der Waals surface area contributed by atoms with E-state index in [1.54, 1.807) is 0 Å². The van der Waals surface area contributed by atoms with Crippen molar-refractivity contribution in [2.45, 2.75) is 32.2 Å². The Morgan fingerprint density at radius 1 is 1.44 bits per heavy atom. The lowest BCUT2D eigenvalue weighted by Gasteiger charge is -2.32. The summed E-state index contributed by atoms with van der Waals surface area (Å²) in [6.45, 7) is 1.96. The Morgan fingerprint density at radius 2 is 2.11 bits per heavy atom. The number of aliphatic carboxylic acids is 1. The molecule has 6 nitrogen and oxygen atoms in total. The number of carboxylic acid groups (broad SMARTS) is 1. The predicted molar refractivity (Wildman–Crippen MR) is 65.7 cm³/mol. The number of hydrogen-bond donors (Lipinski definition) is 4. The average Bonchev–Trinajstić information content (AvgIpc) is 2.35. The van der Waals surface area contributed by atoms with Crippen molar-refractivity contribution in [2.24, 2.45) is 23.5 Å². The first-order valence-electron chi connectivity index (χ1n) is 6.32. The minimum atomic E-state index is -0.934. The van der Waals surface area contributed by atoms with Crippen LogP contribution < -0.4 is 11.1 Å². The highest BCUT2D eigenvalue weighted by molar-refractivity contribution is 5.81. The molecule has 0 saturated heterocycles. The van der Waals surface area contributed by atoms with Gasteiger partial charge in [0.05, 0.1) is 12.5 Å². The fourth-order valence-electron chi connectivity index (χ4n) is 2.44. The maximum Gasteiger partial charge on any atom is 0.306 e. The van der Waals surface area contributed by atoms with Gasteiger partial charge in [-0.25, -0.2) is 0 Å². The molecule has 0 aromatic heterocycles.